The van der Waals surface area contributed by atoms with Crippen molar-refractivity contribution in [2.45, 2.75) is 64.1 Å². The number of amides is 1. The van der Waals surface area contributed by atoms with Crippen LogP contribution in [0.1, 0.15) is 60.0 Å². The van der Waals surface area contributed by atoms with Gasteiger partial charge in [0.2, 0.25) is 0 Å². The number of carbonyl (C=O) groups excluding carboxylic acids is 1. The molecule has 0 aliphatic carbocycles. The van der Waals surface area contributed by atoms with Crippen LogP contribution < -0.4 is 50.8 Å². The molecule has 10 rings (SSSR count). The van der Waals surface area contributed by atoms with Crippen LogP contribution in [-0.4, -0.2) is 89.8 Å². The maximum Gasteiger partial charge on any atom is 0.410 e. The van der Waals surface area contributed by atoms with Gasteiger partial charge in [-0.25, -0.2) is 23.5 Å². The van der Waals surface area contributed by atoms with Gasteiger partial charge in [-0.15, -0.1) is 0 Å². The molecule has 0 spiro atoms. The number of aromatic hydroxyl groups is 1. The molecule has 0 bridgehead atoms. The van der Waals surface area contributed by atoms with Gasteiger partial charge in [0.1, 0.15) is 59.3 Å². The molecule has 2 fully saturated rings. The number of hydrogen-bond donors (Lipinski definition) is 4. The molecule has 8 aromatic rings. The van der Waals surface area contributed by atoms with Gasteiger partial charge in [-0.3, -0.25) is 9.59 Å². The minimum absolute atomic E-state index is 0.0578. The molecule has 2 aliphatic heterocycles. The summed E-state index contributed by atoms with van der Waals surface area (Å²) in [4.78, 5) is 51.3. The van der Waals surface area contributed by atoms with Gasteiger partial charge in [-0.05, 0) is 104 Å². The Morgan fingerprint density at radius 2 is 1.17 bits per heavy atom. The predicted octanol–water partition coefficient (Wildman–Crippen LogP) is 10.5. The first-order chi connectivity index (χ1) is 40.4. The number of methoxy groups -OCH3 is 4. The smallest absolute Gasteiger partial charge is 0.410 e. The van der Waals surface area contributed by atoms with Gasteiger partial charge in [-0.2, -0.15) is 0 Å². The summed E-state index contributed by atoms with van der Waals surface area (Å²) in [5.74, 6) is 1.96. The number of rotatable bonds is 19. The number of hydrogen-bond acceptors (Lipinski definition) is 15. The highest BCUT2D eigenvalue weighted by atomic mass is 19.1. The fourth-order valence-corrected chi connectivity index (χ4v) is 9.91. The normalized spacial score (nSPS) is 14.8. The molecular weight excluding hydrogens is 1070 g/mol. The molecule has 20 heteroatoms. The molecular formula is C63H66F2N8O10. The summed E-state index contributed by atoms with van der Waals surface area (Å²) in [6, 6.07) is 37.4. The summed E-state index contributed by atoms with van der Waals surface area (Å²) in [7, 11) is 6.27. The van der Waals surface area contributed by atoms with Gasteiger partial charge in [-0.1, -0.05) is 60.7 Å². The minimum Gasteiger partial charge on any atom is -0.507 e. The number of phenolic OH excluding ortho intramolecular Hbond substituents is 1. The molecule has 4 N–H and O–H groups in total. The highest BCUT2D eigenvalue weighted by Crippen LogP contribution is 2.34. The first-order valence-electron chi connectivity index (χ1n) is 27.2. The first-order valence-corrected chi connectivity index (χ1v) is 27.2. The second-order valence-corrected chi connectivity index (χ2v) is 19.8. The number of halogens is 2. The van der Waals surface area contributed by atoms with Crippen LogP contribution in [0.3, 0.4) is 0 Å². The lowest BCUT2D eigenvalue weighted by Gasteiger charge is -2.33. The molecule has 0 radical (unpaired) electrons. The zero-order valence-corrected chi connectivity index (χ0v) is 46.6. The Hall–Kier alpha value is -9.43. The van der Waals surface area contributed by atoms with Crippen molar-refractivity contribution in [1.29, 1.82) is 0 Å². The number of benzene rings is 6. The Balaban J connectivity index is 0.000000217. The summed E-state index contributed by atoms with van der Waals surface area (Å²) in [6.45, 7) is 3.18. The number of aromatic nitrogens is 4. The zero-order chi connectivity index (χ0) is 58.2. The van der Waals surface area contributed by atoms with Crippen molar-refractivity contribution >= 4 is 17.7 Å². The average molecular weight is 1130 g/mol. The Labute approximate surface area is 479 Å². The molecule has 1 amide bonds. The number of nitrogens with zero attached hydrogens (tertiary/aromatic N) is 5. The SMILES string of the molecule is COc1ccc(CNc2nc(-c3cc(F)ccc3O)cn(C3CCCNC3)c2=O)c(OC)c1.COc1ccc(CNc2nc(-c3cc(F)ccc3OCc3ccccc3)cn(C3CCCN(C(=O)OCc4ccccc4)C3)c2=O)c(OC)c1. The number of phenols is 1. The van der Waals surface area contributed by atoms with Crippen LogP contribution in [0.5, 0.6) is 34.5 Å². The van der Waals surface area contributed by atoms with Crippen molar-refractivity contribution in [1.82, 2.24) is 29.3 Å². The maximum absolute atomic E-state index is 14.8. The lowest BCUT2D eigenvalue weighted by Crippen LogP contribution is -2.43. The maximum atomic E-state index is 14.8. The highest BCUT2D eigenvalue weighted by Gasteiger charge is 2.29. The quantitative estimate of drug-likeness (QED) is 0.0595. The summed E-state index contributed by atoms with van der Waals surface area (Å²) in [6.07, 6.45) is 5.82. The van der Waals surface area contributed by atoms with Crippen LogP contribution in [0.25, 0.3) is 22.5 Å². The van der Waals surface area contributed by atoms with Gasteiger partial charge < -0.3 is 63.5 Å². The second-order valence-electron chi connectivity index (χ2n) is 19.8. The van der Waals surface area contributed by atoms with E-state index in [2.05, 4.69) is 20.9 Å². The van der Waals surface area contributed by atoms with E-state index in [0.717, 1.165) is 41.6 Å². The van der Waals surface area contributed by atoms with E-state index in [-0.39, 0.29) is 79.0 Å². The van der Waals surface area contributed by atoms with E-state index in [1.54, 1.807) is 85.2 Å². The van der Waals surface area contributed by atoms with Crippen LogP contribution in [0, 0.1) is 11.6 Å². The Kier molecular flexibility index (Phi) is 19.5. The molecule has 2 aliphatic rings. The number of carbonyl (C=O) groups is 1. The number of likely N-dealkylation sites (tertiary alicyclic amines) is 1. The molecule has 2 unspecified atom stereocenters. The van der Waals surface area contributed by atoms with Gasteiger partial charge in [0, 0.05) is 85.5 Å². The van der Waals surface area contributed by atoms with Gasteiger partial charge in [0.05, 0.1) is 45.9 Å². The van der Waals surface area contributed by atoms with Crippen LogP contribution in [-0.2, 0) is 31.0 Å². The van der Waals surface area contributed by atoms with E-state index in [1.165, 1.54) is 30.3 Å². The summed E-state index contributed by atoms with van der Waals surface area (Å²) < 4.78 is 65.3. The Morgan fingerprint density at radius 3 is 1.73 bits per heavy atom. The predicted molar refractivity (Wildman–Crippen MR) is 312 cm³/mol. The standard InChI is InChI=1S/C39H39FN4O6.C24H27FN4O4/c1-47-32-17-15-29(36(21-32)48-2)22-41-37-38(45)44(31-14-9-19-43(23-31)39(46)50-26-28-12-7-4-8-13-28)24-34(42-37)33-20-30(40)16-18-35(33)49-25-27-10-5-3-6-11-27;1-32-18-7-5-15(22(11-18)33-2)12-27-23-24(31)29(17-4-3-9-26-13-17)14-20(28-23)19-10-16(25)6-8-21(19)30/h3-8,10-13,15-18,20-21,24,31H,9,14,19,22-23,25-26H2,1-2H3,(H,41,42);5-8,10-11,14,17,26,30H,3-4,9,12-13H2,1-2H3,(H,27,28). The van der Waals surface area contributed by atoms with Crippen LogP contribution in [0.15, 0.2) is 155 Å². The fraction of sp³-hybridized carbons (Fsp3) is 0.286. The number of nitrogens with one attached hydrogen (secondary N) is 3. The van der Waals surface area contributed by atoms with Crippen molar-refractivity contribution in [2.75, 3.05) is 65.3 Å². The van der Waals surface area contributed by atoms with Crippen molar-refractivity contribution in [3.8, 4) is 57.0 Å². The summed E-state index contributed by atoms with van der Waals surface area (Å²) in [5, 5.41) is 19.9. The van der Waals surface area contributed by atoms with E-state index in [4.69, 9.17) is 33.4 Å². The van der Waals surface area contributed by atoms with Crippen molar-refractivity contribution in [2.24, 2.45) is 0 Å². The minimum atomic E-state index is -0.501. The van der Waals surface area contributed by atoms with Crippen LogP contribution in [0.4, 0.5) is 25.2 Å². The van der Waals surface area contributed by atoms with E-state index in [0.29, 0.717) is 71.6 Å². The van der Waals surface area contributed by atoms with E-state index >= 15 is 0 Å². The van der Waals surface area contributed by atoms with Gasteiger partial charge in [0.25, 0.3) is 11.1 Å². The molecule has 6 aromatic carbocycles. The Bertz CT molecular complexity index is 3620. The number of anilines is 2. The molecule has 2 saturated heterocycles. The second kappa shape index (κ2) is 27.8. The van der Waals surface area contributed by atoms with Crippen molar-refractivity contribution in [3.05, 3.63) is 200 Å². The van der Waals surface area contributed by atoms with Crippen molar-refractivity contribution < 1.29 is 47.1 Å². The van der Waals surface area contributed by atoms with Crippen molar-refractivity contribution in [3.63, 3.8) is 0 Å². The monoisotopic (exact) mass is 1130 g/mol. The van der Waals surface area contributed by atoms with Crippen LogP contribution >= 0.6 is 0 Å². The van der Waals surface area contributed by atoms with Gasteiger partial charge >= 0.3 is 6.09 Å². The summed E-state index contributed by atoms with van der Waals surface area (Å²) >= 11 is 0. The lowest BCUT2D eigenvalue weighted by atomic mass is 10.1. The summed E-state index contributed by atoms with van der Waals surface area (Å²) in [5.41, 5.74) is 3.99. The average Bonchev–Trinajstić information content (AvgIpc) is 3.72. The molecule has 432 valence electrons. The van der Waals surface area contributed by atoms with Crippen LogP contribution in [0.2, 0.25) is 0 Å². The first kappa shape index (κ1) is 58.2. The Morgan fingerprint density at radius 1 is 0.627 bits per heavy atom. The number of piperidine rings is 2. The zero-order valence-electron chi connectivity index (χ0n) is 46.6. The lowest BCUT2D eigenvalue weighted by molar-refractivity contribution is 0.0798. The topological polar surface area (TPSA) is 202 Å². The fourth-order valence-electron chi connectivity index (χ4n) is 9.91. The largest absolute Gasteiger partial charge is 0.507 e. The molecule has 2 aromatic heterocycles. The van der Waals surface area contributed by atoms with E-state index in [1.807, 2.05) is 72.8 Å². The molecule has 18 nitrogen and oxygen atoms in total. The third kappa shape index (κ3) is 14.7. The molecule has 83 heavy (non-hydrogen) atoms. The molecule has 0 saturated carbocycles. The third-order valence-corrected chi connectivity index (χ3v) is 14.3. The highest BCUT2D eigenvalue weighted by molar-refractivity contribution is 5.70. The van der Waals surface area contributed by atoms with Gasteiger partial charge in [0.15, 0.2) is 11.6 Å². The molecule has 4 heterocycles. The number of ether oxygens (including phenoxy) is 6. The van der Waals surface area contributed by atoms with E-state index in [9.17, 15) is 28.3 Å². The van der Waals surface area contributed by atoms with E-state index < -0.39 is 17.7 Å². The third-order valence-electron chi connectivity index (χ3n) is 14.3. The molecule has 2 atom stereocenters.